The van der Waals surface area contributed by atoms with Crippen LogP contribution in [0.1, 0.15) is 31.0 Å². The number of nitrogens with two attached hydrogens (primary N) is 1. The lowest BCUT2D eigenvalue weighted by atomic mass is 9.79. The molecule has 0 fully saturated rings. The zero-order valence-corrected chi connectivity index (χ0v) is 12.8. The smallest absolute Gasteiger partial charge is 0.416 e. The number of esters is 1. The van der Waals surface area contributed by atoms with E-state index < -0.39 is 46.3 Å². The van der Waals surface area contributed by atoms with E-state index in [1.54, 1.807) is 0 Å². The van der Waals surface area contributed by atoms with Gasteiger partial charge >= 0.3 is 12.1 Å². The van der Waals surface area contributed by atoms with Crippen LogP contribution in [-0.4, -0.2) is 18.2 Å². The van der Waals surface area contributed by atoms with Crippen molar-refractivity contribution < 1.29 is 32.2 Å². The number of hydrogen-bond donors (Lipinski definition) is 2. The molecule has 0 spiro atoms. The van der Waals surface area contributed by atoms with Gasteiger partial charge in [0.1, 0.15) is 0 Å². The number of hydrogen-bond acceptors (Lipinski definition) is 4. The summed E-state index contributed by atoms with van der Waals surface area (Å²) in [7, 11) is 1.05. The summed E-state index contributed by atoms with van der Waals surface area (Å²) in [6.45, 7) is 2.49. The Morgan fingerprint density at radius 3 is 2.23 bits per heavy atom. The summed E-state index contributed by atoms with van der Waals surface area (Å²) in [5, 5.41) is 9.62. The van der Waals surface area contributed by atoms with Gasteiger partial charge in [0.2, 0.25) is 0 Å². The third-order valence-electron chi connectivity index (χ3n) is 3.27. The van der Waals surface area contributed by atoms with E-state index in [-0.39, 0.29) is 12.4 Å². The average molecular weight is 346 g/mol. The Balaban J connectivity index is 0.00000441. The summed E-state index contributed by atoms with van der Waals surface area (Å²) >= 11 is 0. The monoisotopic (exact) mass is 345 g/mol. The van der Waals surface area contributed by atoms with Crippen LogP contribution < -0.4 is 5.73 Å². The number of phenols is 1. The van der Waals surface area contributed by atoms with Crippen LogP contribution in [0.15, 0.2) is 12.1 Å². The minimum atomic E-state index is -4.86. The molecular weight excluding hydrogens is 330 g/mol. The molecule has 0 radical (unpaired) electrons. The number of carbonyl (C=O) groups is 1. The van der Waals surface area contributed by atoms with Crippen LogP contribution in [-0.2, 0) is 15.7 Å². The predicted octanol–water partition coefficient (Wildman–Crippen LogP) is 3.17. The molecule has 1 aromatic rings. The fourth-order valence-electron chi connectivity index (χ4n) is 1.89. The largest absolute Gasteiger partial charge is 0.505 e. The summed E-state index contributed by atoms with van der Waals surface area (Å²) in [6.07, 6.45) is -4.86. The highest BCUT2D eigenvalue weighted by Crippen LogP contribution is 2.44. The van der Waals surface area contributed by atoms with Crippen molar-refractivity contribution in [1.29, 1.82) is 0 Å². The summed E-state index contributed by atoms with van der Waals surface area (Å²) in [5.74, 6) is -3.37. The number of halogens is 5. The van der Waals surface area contributed by atoms with Gasteiger partial charge in [0.15, 0.2) is 11.6 Å². The van der Waals surface area contributed by atoms with Gasteiger partial charge in [0, 0.05) is 11.6 Å². The zero-order valence-electron chi connectivity index (χ0n) is 12.0. The molecule has 0 heterocycles. The van der Waals surface area contributed by atoms with Gasteiger partial charge in [-0.3, -0.25) is 4.79 Å². The van der Waals surface area contributed by atoms with E-state index in [2.05, 4.69) is 4.74 Å². The number of phenolic OH excluding ortho intramolecular Hbond substituents is 1. The maximum Gasteiger partial charge on any atom is 0.416 e. The summed E-state index contributed by atoms with van der Waals surface area (Å²) in [6, 6.07) is -0.658. The van der Waals surface area contributed by atoms with Crippen molar-refractivity contribution in [2.45, 2.75) is 26.1 Å². The Bertz CT molecular complexity index is 561. The second kappa shape index (κ2) is 6.70. The molecule has 0 saturated heterocycles. The summed E-state index contributed by atoms with van der Waals surface area (Å²) in [5.41, 5.74) is 1.91. The Hall–Kier alpha value is -1.54. The molecular formula is C13H16ClF4NO3. The molecule has 0 unspecified atom stereocenters. The van der Waals surface area contributed by atoms with E-state index in [1.807, 2.05) is 0 Å². The Morgan fingerprint density at radius 1 is 1.32 bits per heavy atom. The third-order valence-corrected chi connectivity index (χ3v) is 3.27. The highest BCUT2D eigenvalue weighted by molar-refractivity contribution is 5.85. The SMILES string of the molecule is COC(=O)C(C)(C)[C@H](N)c1c(C(F)(F)F)ccc(F)c1O.Cl. The van der Waals surface area contributed by atoms with E-state index >= 15 is 0 Å². The molecule has 1 rings (SSSR count). The van der Waals surface area contributed by atoms with Gasteiger partial charge in [0.25, 0.3) is 0 Å². The van der Waals surface area contributed by atoms with Crippen LogP contribution in [0.4, 0.5) is 17.6 Å². The zero-order chi connectivity index (χ0) is 16.6. The highest BCUT2D eigenvalue weighted by Gasteiger charge is 2.44. The van der Waals surface area contributed by atoms with Crippen LogP contribution in [0, 0.1) is 11.2 Å². The number of benzene rings is 1. The normalized spacial score (nSPS) is 13.3. The van der Waals surface area contributed by atoms with E-state index in [0.29, 0.717) is 12.1 Å². The van der Waals surface area contributed by atoms with Crippen molar-refractivity contribution >= 4 is 18.4 Å². The standard InChI is InChI=1S/C13H15F4NO3.ClH/c1-12(2,11(20)21-3)10(18)8-6(13(15,16)17)4-5-7(14)9(8)19;/h4-5,10,19H,18H2,1-3H3;1H/t10-;/m1./s1. The van der Waals surface area contributed by atoms with Crippen molar-refractivity contribution in [3.8, 4) is 5.75 Å². The Labute approximate surface area is 130 Å². The van der Waals surface area contributed by atoms with E-state index in [9.17, 15) is 27.5 Å². The first-order chi connectivity index (χ1) is 9.44. The molecule has 9 heteroatoms. The maximum absolute atomic E-state index is 13.4. The second-order valence-corrected chi connectivity index (χ2v) is 5.05. The van der Waals surface area contributed by atoms with Crippen LogP contribution >= 0.6 is 12.4 Å². The fourth-order valence-corrected chi connectivity index (χ4v) is 1.89. The molecule has 1 aromatic carbocycles. The molecule has 0 aromatic heterocycles. The van der Waals surface area contributed by atoms with Crippen LogP contribution in [0.25, 0.3) is 0 Å². The fraction of sp³-hybridized carbons (Fsp3) is 0.462. The number of methoxy groups -OCH3 is 1. The van der Waals surface area contributed by atoms with Crippen molar-refractivity contribution in [1.82, 2.24) is 0 Å². The Kier molecular flexibility index (Phi) is 6.23. The van der Waals surface area contributed by atoms with Gasteiger partial charge in [-0.2, -0.15) is 13.2 Å². The average Bonchev–Trinajstić information content (AvgIpc) is 2.38. The Morgan fingerprint density at radius 2 is 1.82 bits per heavy atom. The molecule has 22 heavy (non-hydrogen) atoms. The number of ether oxygens (including phenoxy) is 1. The molecule has 0 aliphatic carbocycles. The molecule has 4 nitrogen and oxygen atoms in total. The van der Waals surface area contributed by atoms with Crippen LogP contribution in [0.3, 0.4) is 0 Å². The minimum absolute atomic E-state index is 0. The third kappa shape index (κ3) is 3.61. The van der Waals surface area contributed by atoms with Crippen molar-refractivity contribution in [2.75, 3.05) is 7.11 Å². The first-order valence-electron chi connectivity index (χ1n) is 5.87. The molecule has 0 aliphatic heterocycles. The molecule has 0 saturated carbocycles. The first-order valence-corrected chi connectivity index (χ1v) is 5.87. The lowest BCUT2D eigenvalue weighted by Gasteiger charge is -2.31. The molecule has 0 aliphatic rings. The molecule has 0 amide bonds. The highest BCUT2D eigenvalue weighted by atomic mass is 35.5. The van der Waals surface area contributed by atoms with Crippen molar-refractivity contribution in [3.05, 3.63) is 29.1 Å². The summed E-state index contributed by atoms with van der Waals surface area (Å²) in [4.78, 5) is 11.6. The number of aromatic hydroxyl groups is 1. The topological polar surface area (TPSA) is 72.5 Å². The number of alkyl halides is 3. The van der Waals surface area contributed by atoms with Gasteiger partial charge in [-0.25, -0.2) is 4.39 Å². The summed E-state index contributed by atoms with van der Waals surface area (Å²) < 4.78 is 56.8. The lowest BCUT2D eigenvalue weighted by Crippen LogP contribution is -2.38. The van der Waals surface area contributed by atoms with Gasteiger partial charge in [-0.1, -0.05) is 0 Å². The molecule has 126 valence electrons. The molecule has 0 bridgehead atoms. The van der Waals surface area contributed by atoms with Gasteiger partial charge < -0.3 is 15.6 Å². The van der Waals surface area contributed by atoms with Crippen LogP contribution in [0.5, 0.6) is 5.75 Å². The van der Waals surface area contributed by atoms with Crippen molar-refractivity contribution in [3.63, 3.8) is 0 Å². The maximum atomic E-state index is 13.4. The predicted molar refractivity (Wildman–Crippen MR) is 73.0 cm³/mol. The lowest BCUT2D eigenvalue weighted by molar-refractivity contribution is -0.153. The van der Waals surface area contributed by atoms with E-state index in [1.165, 1.54) is 13.8 Å². The molecule has 3 N–H and O–H groups in total. The minimum Gasteiger partial charge on any atom is -0.505 e. The van der Waals surface area contributed by atoms with E-state index in [4.69, 9.17) is 5.73 Å². The molecule has 1 atom stereocenters. The van der Waals surface area contributed by atoms with E-state index in [0.717, 1.165) is 7.11 Å². The van der Waals surface area contributed by atoms with Crippen LogP contribution in [0.2, 0.25) is 0 Å². The van der Waals surface area contributed by atoms with Gasteiger partial charge in [-0.05, 0) is 26.0 Å². The quantitative estimate of drug-likeness (QED) is 0.652. The first kappa shape index (κ1) is 20.5. The number of rotatable bonds is 3. The van der Waals surface area contributed by atoms with Crippen molar-refractivity contribution in [2.24, 2.45) is 11.1 Å². The van der Waals surface area contributed by atoms with Gasteiger partial charge in [0.05, 0.1) is 18.1 Å². The number of carbonyl (C=O) groups excluding carboxylic acids is 1. The van der Waals surface area contributed by atoms with Gasteiger partial charge in [-0.15, -0.1) is 12.4 Å². The second-order valence-electron chi connectivity index (χ2n) is 5.05.